The number of rotatable bonds is 5. The van der Waals surface area contributed by atoms with E-state index in [1.165, 1.54) is 11.8 Å². The van der Waals surface area contributed by atoms with Gasteiger partial charge in [-0.25, -0.2) is 0 Å². The fourth-order valence-corrected chi connectivity index (χ4v) is 4.37. The van der Waals surface area contributed by atoms with Gasteiger partial charge in [0.05, 0.1) is 0 Å². The first kappa shape index (κ1) is 18.1. The van der Waals surface area contributed by atoms with Crippen LogP contribution in [0.2, 0.25) is 5.02 Å². The van der Waals surface area contributed by atoms with Gasteiger partial charge in [-0.15, -0.1) is 10.2 Å². The molecule has 1 aliphatic rings. The first-order valence-electron chi connectivity index (χ1n) is 8.71. The van der Waals surface area contributed by atoms with Crippen LogP contribution in [0.3, 0.4) is 0 Å². The number of carbonyl (C=O) groups excluding carboxylic acids is 1. The Hall–Kier alpha value is -2.31. The van der Waals surface area contributed by atoms with Gasteiger partial charge in [-0.1, -0.05) is 53.7 Å². The van der Waals surface area contributed by atoms with E-state index in [2.05, 4.69) is 22.3 Å². The zero-order valence-electron chi connectivity index (χ0n) is 14.7. The van der Waals surface area contributed by atoms with Crippen molar-refractivity contribution in [2.75, 3.05) is 0 Å². The molecule has 2 aromatic carbocycles. The molecule has 2 unspecified atom stereocenters. The molecular formula is C20H18ClN3O2S. The zero-order valence-corrected chi connectivity index (χ0v) is 16.3. The van der Waals surface area contributed by atoms with Crippen molar-refractivity contribution in [3.8, 4) is 5.69 Å². The van der Waals surface area contributed by atoms with Crippen LogP contribution in [-0.2, 0) is 16.0 Å². The number of nitrogens with zero attached hydrogens (tertiary/aromatic N) is 3. The number of aromatic nitrogens is 3. The van der Waals surface area contributed by atoms with Gasteiger partial charge in [-0.2, -0.15) is 0 Å². The van der Waals surface area contributed by atoms with E-state index in [0.717, 1.165) is 17.1 Å². The molecule has 3 aromatic rings. The number of thioether (sulfide) groups is 1. The fraction of sp³-hybridized carbons (Fsp3) is 0.250. The van der Waals surface area contributed by atoms with E-state index < -0.39 is 0 Å². The Kier molecular flexibility index (Phi) is 5.18. The largest absolute Gasteiger partial charge is 0.462 e. The van der Waals surface area contributed by atoms with Crippen LogP contribution in [0, 0.1) is 0 Å². The maximum atomic E-state index is 12.1. The van der Waals surface area contributed by atoms with Crippen LogP contribution in [-0.4, -0.2) is 32.1 Å². The summed E-state index contributed by atoms with van der Waals surface area (Å²) >= 11 is 7.45. The number of cyclic esters (lactones) is 1. The molecule has 1 fully saturated rings. The highest BCUT2D eigenvalue weighted by Crippen LogP contribution is 2.33. The molecule has 4 rings (SSSR count). The summed E-state index contributed by atoms with van der Waals surface area (Å²) < 4.78 is 7.27. The summed E-state index contributed by atoms with van der Waals surface area (Å²) in [5, 5.41) is 9.85. The minimum atomic E-state index is -0.264. The summed E-state index contributed by atoms with van der Waals surface area (Å²) in [7, 11) is 0. The molecule has 1 aliphatic heterocycles. The Morgan fingerprint density at radius 3 is 2.56 bits per heavy atom. The van der Waals surface area contributed by atoms with Crippen LogP contribution < -0.4 is 0 Å². The quantitative estimate of drug-likeness (QED) is 0.598. The van der Waals surface area contributed by atoms with Gasteiger partial charge >= 0.3 is 5.97 Å². The van der Waals surface area contributed by atoms with Gasteiger partial charge in [0.25, 0.3) is 0 Å². The van der Waals surface area contributed by atoms with Crippen molar-refractivity contribution in [3.63, 3.8) is 0 Å². The van der Waals surface area contributed by atoms with Crippen LogP contribution in [0.15, 0.2) is 59.8 Å². The maximum absolute atomic E-state index is 12.1. The third kappa shape index (κ3) is 4.01. The van der Waals surface area contributed by atoms with Gasteiger partial charge in [0.1, 0.15) is 17.2 Å². The Bertz CT molecular complexity index is 944. The summed E-state index contributed by atoms with van der Waals surface area (Å²) in [4.78, 5) is 12.1. The molecule has 1 aromatic heterocycles. The van der Waals surface area contributed by atoms with E-state index in [1.807, 2.05) is 54.0 Å². The Morgan fingerprint density at radius 2 is 1.89 bits per heavy atom. The van der Waals surface area contributed by atoms with Crippen molar-refractivity contribution in [1.29, 1.82) is 0 Å². The highest BCUT2D eigenvalue weighted by Gasteiger charge is 2.34. The second-order valence-corrected chi connectivity index (χ2v) is 8.07. The van der Waals surface area contributed by atoms with Crippen LogP contribution in [0.4, 0.5) is 0 Å². The predicted molar refractivity (Wildman–Crippen MR) is 105 cm³/mol. The molecule has 138 valence electrons. The number of hydrogen-bond acceptors (Lipinski definition) is 5. The molecule has 1 saturated heterocycles. The molecule has 2 atom stereocenters. The topological polar surface area (TPSA) is 57.0 Å². The van der Waals surface area contributed by atoms with Crippen molar-refractivity contribution in [1.82, 2.24) is 14.8 Å². The third-order valence-electron chi connectivity index (χ3n) is 4.36. The van der Waals surface area contributed by atoms with Gasteiger partial charge in [0, 0.05) is 23.6 Å². The van der Waals surface area contributed by atoms with Crippen molar-refractivity contribution < 1.29 is 9.53 Å². The lowest BCUT2D eigenvalue weighted by Crippen LogP contribution is -2.11. The molecule has 27 heavy (non-hydrogen) atoms. The van der Waals surface area contributed by atoms with E-state index in [9.17, 15) is 4.79 Å². The molecule has 5 nitrogen and oxygen atoms in total. The average Bonchev–Trinajstić information content (AvgIpc) is 3.19. The first-order valence-corrected chi connectivity index (χ1v) is 9.97. The van der Waals surface area contributed by atoms with Crippen LogP contribution in [0.5, 0.6) is 0 Å². The maximum Gasteiger partial charge on any atom is 0.319 e. The highest BCUT2D eigenvalue weighted by atomic mass is 35.5. The Balaban J connectivity index is 1.70. The van der Waals surface area contributed by atoms with Crippen molar-refractivity contribution in [2.24, 2.45) is 0 Å². The SMILES string of the molecule is CC1CC(Sc2nnc(Cc3ccccc3)n2-c2ccc(Cl)cc2)C(=O)O1. The first-order chi connectivity index (χ1) is 13.1. The minimum absolute atomic E-state index is 0.0642. The van der Waals surface area contributed by atoms with Crippen LogP contribution in [0.1, 0.15) is 24.7 Å². The molecular weight excluding hydrogens is 382 g/mol. The normalized spacial score (nSPS) is 19.3. The number of esters is 1. The summed E-state index contributed by atoms with van der Waals surface area (Å²) in [5.41, 5.74) is 2.06. The Labute approximate surface area is 166 Å². The number of carbonyl (C=O) groups is 1. The lowest BCUT2D eigenvalue weighted by Gasteiger charge is -2.12. The molecule has 7 heteroatoms. The number of hydrogen-bond donors (Lipinski definition) is 0. The molecule has 0 radical (unpaired) electrons. The van der Waals surface area contributed by atoms with E-state index in [-0.39, 0.29) is 17.3 Å². The van der Waals surface area contributed by atoms with Crippen molar-refractivity contribution in [3.05, 3.63) is 71.0 Å². The van der Waals surface area contributed by atoms with E-state index in [1.54, 1.807) is 0 Å². The van der Waals surface area contributed by atoms with Crippen LogP contribution >= 0.6 is 23.4 Å². The number of benzene rings is 2. The lowest BCUT2D eigenvalue weighted by molar-refractivity contribution is -0.140. The van der Waals surface area contributed by atoms with E-state index >= 15 is 0 Å². The standard InChI is InChI=1S/C20H18ClN3O2S/c1-13-11-17(19(25)26-13)27-20-23-22-18(12-14-5-3-2-4-6-14)24(20)16-9-7-15(21)8-10-16/h2-10,13,17H,11-12H2,1H3. The third-order valence-corrected chi connectivity index (χ3v) is 5.76. The van der Waals surface area contributed by atoms with Crippen molar-refractivity contribution in [2.45, 2.75) is 36.3 Å². The molecule has 0 N–H and O–H groups in total. The van der Waals surface area contributed by atoms with E-state index in [0.29, 0.717) is 23.0 Å². The van der Waals surface area contributed by atoms with Gasteiger partial charge < -0.3 is 4.74 Å². The van der Waals surface area contributed by atoms with Crippen molar-refractivity contribution >= 4 is 29.3 Å². The smallest absolute Gasteiger partial charge is 0.319 e. The van der Waals surface area contributed by atoms with Gasteiger partial charge in [0.15, 0.2) is 5.16 Å². The van der Waals surface area contributed by atoms with Gasteiger partial charge in [-0.3, -0.25) is 9.36 Å². The highest BCUT2D eigenvalue weighted by molar-refractivity contribution is 8.00. The zero-order chi connectivity index (χ0) is 18.8. The lowest BCUT2D eigenvalue weighted by atomic mass is 10.1. The summed E-state index contributed by atoms with van der Waals surface area (Å²) in [6.07, 6.45) is 1.25. The molecule has 0 bridgehead atoms. The molecule has 2 heterocycles. The molecule has 0 aliphatic carbocycles. The second-order valence-electron chi connectivity index (χ2n) is 6.46. The molecule has 0 amide bonds. The van der Waals surface area contributed by atoms with E-state index in [4.69, 9.17) is 16.3 Å². The van der Waals surface area contributed by atoms with Gasteiger partial charge in [0.2, 0.25) is 0 Å². The van der Waals surface area contributed by atoms with Gasteiger partial charge in [-0.05, 0) is 36.8 Å². The number of ether oxygens (including phenoxy) is 1. The molecule has 0 spiro atoms. The minimum Gasteiger partial charge on any atom is -0.462 e. The summed E-state index contributed by atoms with van der Waals surface area (Å²) in [6.45, 7) is 1.91. The fourth-order valence-electron chi connectivity index (χ4n) is 3.06. The molecule has 0 saturated carbocycles. The summed E-state index contributed by atoms with van der Waals surface area (Å²) in [6, 6.07) is 17.6. The average molecular weight is 400 g/mol. The monoisotopic (exact) mass is 399 g/mol. The Morgan fingerprint density at radius 1 is 1.15 bits per heavy atom. The second kappa shape index (κ2) is 7.74. The number of halogens is 1. The predicted octanol–water partition coefficient (Wildman–Crippen LogP) is 4.31. The van der Waals surface area contributed by atoms with Crippen LogP contribution in [0.25, 0.3) is 5.69 Å². The summed E-state index contributed by atoms with van der Waals surface area (Å²) in [5.74, 6) is 0.619.